The van der Waals surface area contributed by atoms with Gasteiger partial charge in [-0.25, -0.2) is 0 Å². The molecule has 0 N–H and O–H groups in total. The summed E-state index contributed by atoms with van der Waals surface area (Å²) in [7, 11) is -0.429. The number of hydrogen-bond acceptors (Lipinski definition) is 0. The predicted molar refractivity (Wildman–Crippen MR) is 97.5 cm³/mol. The van der Waals surface area contributed by atoms with Gasteiger partial charge in [0.2, 0.25) is 0 Å². The molecule has 0 aliphatic heterocycles. The smallest absolute Gasteiger partial charge is 0.0552 e. The topological polar surface area (TPSA) is 0 Å². The summed E-state index contributed by atoms with van der Waals surface area (Å²) in [5, 5.41) is 0. The summed E-state index contributed by atoms with van der Waals surface area (Å²) >= 11 is 0. The summed E-state index contributed by atoms with van der Waals surface area (Å²) in [6, 6.07) is 17.9. The third kappa shape index (κ3) is 1.96. The molecular formula is C21H21Si. The van der Waals surface area contributed by atoms with E-state index in [2.05, 4.69) is 80.7 Å². The highest BCUT2D eigenvalue weighted by atomic mass is 28.3. The molecule has 0 saturated carbocycles. The zero-order chi connectivity index (χ0) is 15.3. The van der Waals surface area contributed by atoms with E-state index in [0.29, 0.717) is 11.5 Å². The molecule has 2 aromatic carbocycles. The monoisotopic (exact) mass is 301 g/mol. The van der Waals surface area contributed by atoms with Gasteiger partial charge >= 0.3 is 0 Å². The molecule has 1 heteroatoms. The van der Waals surface area contributed by atoms with Gasteiger partial charge in [0.05, 0.1) is 8.80 Å². The van der Waals surface area contributed by atoms with Crippen molar-refractivity contribution in [3.05, 3.63) is 81.9 Å². The summed E-state index contributed by atoms with van der Waals surface area (Å²) in [6.45, 7) is 7.19. The van der Waals surface area contributed by atoms with Crippen molar-refractivity contribution in [2.75, 3.05) is 0 Å². The maximum atomic E-state index is 2.47. The Morgan fingerprint density at radius 3 is 2.05 bits per heavy atom. The summed E-state index contributed by atoms with van der Waals surface area (Å²) in [5.41, 5.74) is 9.64. The quantitative estimate of drug-likeness (QED) is 0.628. The van der Waals surface area contributed by atoms with Crippen LogP contribution in [0.15, 0.2) is 59.7 Å². The standard InChI is InChI=1S/C21H21Si/c1-14-12-15-8-4-6-10-17(15)20(14)19-13-16-9-5-7-11-18(16)21(19)22(2)3/h4-13,20-21H,1-3H3. The van der Waals surface area contributed by atoms with Crippen molar-refractivity contribution in [2.24, 2.45) is 0 Å². The van der Waals surface area contributed by atoms with E-state index in [1.165, 1.54) is 22.3 Å². The lowest BCUT2D eigenvalue weighted by molar-refractivity contribution is 0.890. The van der Waals surface area contributed by atoms with Crippen LogP contribution in [-0.2, 0) is 0 Å². The molecule has 1 radical (unpaired) electrons. The summed E-state index contributed by atoms with van der Waals surface area (Å²) in [4.78, 5) is 0. The van der Waals surface area contributed by atoms with Crippen molar-refractivity contribution in [2.45, 2.75) is 31.5 Å². The van der Waals surface area contributed by atoms with Gasteiger partial charge in [-0.2, -0.15) is 0 Å². The minimum absolute atomic E-state index is 0.429. The molecule has 0 amide bonds. The van der Waals surface area contributed by atoms with E-state index in [9.17, 15) is 0 Å². The van der Waals surface area contributed by atoms with Crippen molar-refractivity contribution in [3.63, 3.8) is 0 Å². The van der Waals surface area contributed by atoms with Crippen molar-refractivity contribution in [1.29, 1.82) is 0 Å². The largest absolute Gasteiger partial charge is 0.0705 e. The predicted octanol–water partition coefficient (Wildman–Crippen LogP) is 5.66. The minimum atomic E-state index is -0.429. The fraction of sp³-hybridized carbons (Fsp3) is 0.238. The van der Waals surface area contributed by atoms with Crippen molar-refractivity contribution >= 4 is 20.9 Å². The fourth-order valence-electron chi connectivity index (χ4n) is 4.16. The first-order valence-electron chi connectivity index (χ1n) is 8.04. The number of hydrogen-bond donors (Lipinski definition) is 0. The van der Waals surface area contributed by atoms with Gasteiger partial charge in [-0.3, -0.25) is 0 Å². The lowest BCUT2D eigenvalue weighted by Gasteiger charge is -2.26. The number of fused-ring (bicyclic) bond motifs is 2. The molecule has 0 nitrogen and oxygen atoms in total. The molecule has 0 fully saturated rings. The maximum absolute atomic E-state index is 2.47. The molecule has 0 bridgehead atoms. The Labute approximate surface area is 134 Å². The van der Waals surface area contributed by atoms with E-state index in [1.54, 1.807) is 11.1 Å². The highest BCUT2D eigenvalue weighted by Gasteiger charge is 2.36. The number of rotatable bonds is 2. The molecule has 2 atom stereocenters. The molecule has 0 heterocycles. The zero-order valence-electron chi connectivity index (χ0n) is 13.4. The van der Waals surface area contributed by atoms with Crippen LogP contribution in [-0.4, -0.2) is 8.80 Å². The van der Waals surface area contributed by atoms with Crippen LogP contribution in [0.4, 0.5) is 0 Å². The highest BCUT2D eigenvalue weighted by Crippen LogP contribution is 2.50. The molecule has 0 saturated heterocycles. The number of allylic oxidation sites excluding steroid dienone is 2. The van der Waals surface area contributed by atoms with E-state index >= 15 is 0 Å². The summed E-state index contributed by atoms with van der Waals surface area (Å²) in [5.74, 6) is 0.480. The molecule has 109 valence electrons. The zero-order valence-corrected chi connectivity index (χ0v) is 14.4. The van der Waals surface area contributed by atoms with Crippen LogP contribution in [0.1, 0.15) is 40.6 Å². The molecule has 2 aliphatic carbocycles. The fourth-order valence-corrected chi connectivity index (χ4v) is 5.97. The second-order valence-corrected chi connectivity index (χ2v) is 9.47. The maximum Gasteiger partial charge on any atom is 0.0552 e. The highest BCUT2D eigenvalue weighted by molar-refractivity contribution is 6.58. The molecule has 2 aliphatic rings. The molecule has 0 spiro atoms. The first-order valence-corrected chi connectivity index (χ1v) is 10.6. The first-order chi connectivity index (χ1) is 10.7. The summed E-state index contributed by atoms with van der Waals surface area (Å²) < 4.78 is 0. The summed E-state index contributed by atoms with van der Waals surface area (Å²) in [6.07, 6.45) is 4.85. The molecule has 2 unspecified atom stereocenters. The van der Waals surface area contributed by atoms with E-state index in [4.69, 9.17) is 0 Å². The second-order valence-electron chi connectivity index (χ2n) is 6.73. The van der Waals surface area contributed by atoms with Crippen LogP contribution < -0.4 is 0 Å². The lowest BCUT2D eigenvalue weighted by atomic mass is 9.87. The third-order valence-electron chi connectivity index (χ3n) is 5.02. The Hall–Kier alpha value is -1.86. The normalized spacial score (nSPS) is 22.4. The van der Waals surface area contributed by atoms with E-state index in [0.717, 1.165) is 0 Å². The first kappa shape index (κ1) is 13.8. The van der Waals surface area contributed by atoms with Crippen LogP contribution in [0.5, 0.6) is 0 Å². The second kappa shape index (κ2) is 5.10. The van der Waals surface area contributed by atoms with Gasteiger partial charge in [0.1, 0.15) is 0 Å². The van der Waals surface area contributed by atoms with Gasteiger partial charge in [0, 0.05) is 5.92 Å². The van der Waals surface area contributed by atoms with Crippen LogP contribution >= 0.6 is 0 Å². The molecular weight excluding hydrogens is 280 g/mol. The lowest BCUT2D eigenvalue weighted by Crippen LogP contribution is -2.19. The average molecular weight is 301 g/mol. The van der Waals surface area contributed by atoms with Crippen LogP contribution in [0.3, 0.4) is 0 Å². The van der Waals surface area contributed by atoms with Gasteiger partial charge in [-0.15, -0.1) is 0 Å². The Morgan fingerprint density at radius 1 is 0.773 bits per heavy atom. The van der Waals surface area contributed by atoms with Gasteiger partial charge in [-0.05, 0) is 34.7 Å². The van der Waals surface area contributed by atoms with E-state index in [1.807, 2.05) is 0 Å². The molecule has 2 aromatic rings. The van der Waals surface area contributed by atoms with E-state index in [-0.39, 0.29) is 0 Å². The van der Waals surface area contributed by atoms with Gasteiger partial charge in [0.15, 0.2) is 0 Å². The van der Waals surface area contributed by atoms with Crippen LogP contribution in [0.25, 0.3) is 12.2 Å². The number of benzene rings is 2. The minimum Gasteiger partial charge on any atom is -0.0705 e. The van der Waals surface area contributed by atoms with Gasteiger partial charge in [0.25, 0.3) is 0 Å². The SMILES string of the molecule is CC1=Cc2ccccc2C1C1=Cc2ccccc2C1[Si](C)C. The average Bonchev–Trinajstić information content (AvgIpc) is 3.03. The Morgan fingerprint density at radius 2 is 1.36 bits per heavy atom. The Balaban J connectivity index is 1.85. The molecule has 22 heavy (non-hydrogen) atoms. The van der Waals surface area contributed by atoms with Crippen molar-refractivity contribution in [1.82, 2.24) is 0 Å². The van der Waals surface area contributed by atoms with Crippen molar-refractivity contribution in [3.8, 4) is 0 Å². The Kier molecular flexibility index (Phi) is 3.19. The Bertz CT molecular complexity index is 795. The molecule has 0 aromatic heterocycles. The third-order valence-corrected chi connectivity index (χ3v) is 6.82. The van der Waals surface area contributed by atoms with Gasteiger partial charge < -0.3 is 0 Å². The van der Waals surface area contributed by atoms with Gasteiger partial charge in [-0.1, -0.05) is 84.9 Å². The van der Waals surface area contributed by atoms with E-state index < -0.39 is 8.80 Å². The molecule has 4 rings (SSSR count). The van der Waals surface area contributed by atoms with Crippen molar-refractivity contribution < 1.29 is 0 Å². The van der Waals surface area contributed by atoms with Crippen LogP contribution in [0, 0.1) is 0 Å². The van der Waals surface area contributed by atoms with Crippen LogP contribution in [0.2, 0.25) is 13.1 Å².